The molecule has 0 aliphatic carbocycles. The number of hydrogen-bond donors (Lipinski definition) is 1. The van der Waals surface area contributed by atoms with Crippen molar-refractivity contribution in [1.29, 1.82) is 0 Å². The molecule has 1 aromatic carbocycles. The average molecular weight is 312 g/mol. The largest absolute Gasteiger partial charge is 0.416 e. The molecule has 0 spiro atoms. The van der Waals surface area contributed by atoms with Crippen molar-refractivity contribution in [3.05, 3.63) is 57.5 Å². The van der Waals surface area contributed by atoms with Crippen LogP contribution in [0.25, 0.3) is 0 Å². The van der Waals surface area contributed by atoms with Crippen LogP contribution in [0.2, 0.25) is 0 Å². The van der Waals surface area contributed by atoms with Gasteiger partial charge in [0.05, 0.1) is 11.6 Å². The van der Waals surface area contributed by atoms with E-state index in [4.69, 9.17) is 5.73 Å². The summed E-state index contributed by atoms with van der Waals surface area (Å²) in [4.78, 5) is 0. The molecule has 104 valence electrons. The van der Waals surface area contributed by atoms with E-state index in [1.807, 2.05) is 0 Å². The molecule has 0 fully saturated rings. The lowest BCUT2D eigenvalue weighted by Crippen LogP contribution is -2.14. The lowest BCUT2D eigenvalue weighted by Gasteiger charge is -2.13. The number of alkyl halides is 3. The summed E-state index contributed by atoms with van der Waals surface area (Å²) >= 11 is 1.39. The van der Waals surface area contributed by atoms with Gasteiger partial charge in [-0.3, -0.25) is 0 Å². The standard InChI is InChI=1S/C12H9F4NS.ClH/c13-10-5-8(12(14,15)16)1-2-9(10)11(17)7-3-4-18-6-7;/h1-6,11H,17H2;1H/t11-;/m0./s1. The Morgan fingerprint density at radius 1 is 1.16 bits per heavy atom. The first-order valence-corrected chi connectivity index (χ1v) is 5.98. The van der Waals surface area contributed by atoms with E-state index < -0.39 is 23.6 Å². The van der Waals surface area contributed by atoms with Crippen LogP contribution in [0.5, 0.6) is 0 Å². The molecular formula is C12H10ClF4NS. The molecule has 0 radical (unpaired) electrons. The van der Waals surface area contributed by atoms with Gasteiger partial charge in [0.25, 0.3) is 0 Å². The predicted octanol–water partition coefficient (Wildman–Crippen LogP) is 4.38. The second-order valence-corrected chi connectivity index (χ2v) is 4.55. The van der Waals surface area contributed by atoms with Crippen molar-refractivity contribution in [2.75, 3.05) is 0 Å². The van der Waals surface area contributed by atoms with E-state index in [-0.39, 0.29) is 18.0 Å². The molecule has 1 nitrogen and oxygen atoms in total. The lowest BCUT2D eigenvalue weighted by molar-refractivity contribution is -0.137. The van der Waals surface area contributed by atoms with Crippen molar-refractivity contribution in [3.63, 3.8) is 0 Å². The number of halogens is 5. The van der Waals surface area contributed by atoms with Crippen molar-refractivity contribution in [2.45, 2.75) is 12.2 Å². The Kier molecular flexibility index (Phi) is 4.95. The van der Waals surface area contributed by atoms with Gasteiger partial charge in [0.1, 0.15) is 5.82 Å². The van der Waals surface area contributed by atoms with Gasteiger partial charge in [0.2, 0.25) is 0 Å². The van der Waals surface area contributed by atoms with Gasteiger partial charge < -0.3 is 5.73 Å². The molecule has 19 heavy (non-hydrogen) atoms. The van der Waals surface area contributed by atoms with Crippen LogP contribution >= 0.6 is 23.7 Å². The molecule has 0 aliphatic heterocycles. The average Bonchev–Trinajstić information content (AvgIpc) is 2.80. The van der Waals surface area contributed by atoms with Crippen LogP contribution in [-0.4, -0.2) is 0 Å². The van der Waals surface area contributed by atoms with Crippen LogP contribution in [0.1, 0.15) is 22.7 Å². The Morgan fingerprint density at radius 3 is 2.32 bits per heavy atom. The minimum atomic E-state index is -4.55. The van der Waals surface area contributed by atoms with Crippen LogP contribution in [-0.2, 0) is 6.18 Å². The summed E-state index contributed by atoms with van der Waals surface area (Å²) in [5, 5.41) is 3.51. The van der Waals surface area contributed by atoms with Crippen molar-refractivity contribution >= 4 is 23.7 Å². The molecule has 0 amide bonds. The third-order valence-corrected chi connectivity index (χ3v) is 3.27. The van der Waals surface area contributed by atoms with Gasteiger partial charge in [0, 0.05) is 5.56 Å². The summed E-state index contributed by atoms with van der Waals surface area (Å²) in [6.07, 6.45) is -4.55. The molecule has 1 atom stereocenters. The van der Waals surface area contributed by atoms with Gasteiger partial charge in [-0.2, -0.15) is 24.5 Å². The van der Waals surface area contributed by atoms with Gasteiger partial charge in [-0.25, -0.2) is 4.39 Å². The smallest absolute Gasteiger partial charge is 0.320 e. The number of hydrogen-bond acceptors (Lipinski definition) is 2. The number of nitrogens with two attached hydrogens (primary N) is 1. The van der Waals surface area contributed by atoms with E-state index in [1.54, 1.807) is 16.8 Å². The number of rotatable bonds is 2. The van der Waals surface area contributed by atoms with Crippen molar-refractivity contribution in [3.8, 4) is 0 Å². The highest BCUT2D eigenvalue weighted by Gasteiger charge is 2.31. The topological polar surface area (TPSA) is 26.0 Å². The Labute approximate surface area is 117 Å². The zero-order valence-electron chi connectivity index (χ0n) is 9.45. The maximum Gasteiger partial charge on any atom is 0.416 e. The van der Waals surface area contributed by atoms with Gasteiger partial charge in [-0.15, -0.1) is 12.4 Å². The maximum absolute atomic E-state index is 13.6. The fourth-order valence-corrected chi connectivity index (χ4v) is 2.28. The van der Waals surface area contributed by atoms with E-state index in [2.05, 4.69) is 0 Å². The van der Waals surface area contributed by atoms with Crippen LogP contribution in [0.15, 0.2) is 35.0 Å². The monoisotopic (exact) mass is 311 g/mol. The first-order valence-electron chi connectivity index (χ1n) is 5.04. The normalized spacial score (nSPS) is 12.9. The number of benzene rings is 1. The fraction of sp³-hybridized carbons (Fsp3) is 0.167. The molecule has 0 aliphatic rings. The minimum absolute atomic E-state index is 0. The summed E-state index contributed by atoms with van der Waals surface area (Å²) in [5.74, 6) is -0.941. The highest BCUT2D eigenvalue weighted by Crippen LogP contribution is 2.32. The second-order valence-electron chi connectivity index (χ2n) is 3.77. The highest BCUT2D eigenvalue weighted by atomic mass is 35.5. The fourth-order valence-electron chi connectivity index (χ4n) is 1.59. The molecule has 1 aromatic heterocycles. The van der Waals surface area contributed by atoms with Crippen LogP contribution in [0.3, 0.4) is 0 Å². The summed E-state index contributed by atoms with van der Waals surface area (Å²) in [7, 11) is 0. The maximum atomic E-state index is 13.6. The van der Waals surface area contributed by atoms with Crippen molar-refractivity contribution in [1.82, 2.24) is 0 Å². The third-order valence-electron chi connectivity index (χ3n) is 2.57. The van der Waals surface area contributed by atoms with Crippen LogP contribution in [0.4, 0.5) is 17.6 Å². The van der Waals surface area contributed by atoms with Gasteiger partial charge >= 0.3 is 6.18 Å². The van der Waals surface area contributed by atoms with E-state index in [1.165, 1.54) is 11.3 Å². The Hall–Kier alpha value is -1.11. The van der Waals surface area contributed by atoms with Gasteiger partial charge in [-0.1, -0.05) is 6.07 Å². The first kappa shape index (κ1) is 15.9. The third kappa shape index (κ3) is 3.46. The van der Waals surface area contributed by atoms with E-state index in [0.29, 0.717) is 11.6 Å². The zero-order chi connectivity index (χ0) is 13.3. The second kappa shape index (κ2) is 5.90. The summed E-state index contributed by atoms with van der Waals surface area (Å²) in [6.45, 7) is 0. The SMILES string of the molecule is Cl.N[C@@H](c1ccsc1)c1ccc(C(F)(F)F)cc1F. The molecule has 1 heterocycles. The van der Waals surface area contributed by atoms with Gasteiger partial charge in [-0.05, 0) is 34.5 Å². The quantitative estimate of drug-likeness (QED) is 0.819. The summed E-state index contributed by atoms with van der Waals surface area (Å²) < 4.78 is 50.8. The molecule has 0 bridgehead atoms. The molecular weight excluding hydrogens is 302 g/mol. The molecule has 2 aromatic rings. The zero-order valence-corrected chi connectivity index (χ0v) is 11.1. The molecule has 2 rings (SSSR count). The molecule has 0 unspecified atom stereocenters. The Morgan fingerprint density at radius 2 is 1.84 bits per heavy atom. The lowest BCUT2D eigenvalue weighted by atomic mass is 10.00. The molecule has 7 heteroatoms. The summed E-state index contributed by atoms with van der Waals surface area (Å²) in [6, 6.07) is 3.36. The van der Waals surface area contributed by atoms with E-state index in [9.17, 15) is 17.6 Å². The highest BCUT2D eigenvalue weighted by molar-refractivity contribution is 7.08. The minimum Gasteiger partial charge on any atom is -0.320 e. The summed E-state index contributed by atoms with van der Waals surface area (Å²) in [5.41, 5.74) is 5.53. The van der Waals surface area contributed by atoms with Crippen molar-refractivity contribution in [2.24, 2.45) is 5.73 Å². The Balaban J connectivity index is 0.00000180. The number of thiophene rings is 1. The molecule has 0 saturated heterocycles. The van der Waals surface area contributed by atoms with E-state index in [0.717, 1.165) is 12.1 Å². The van der Waals surface area contributed by atoms with Crippen LogP contribution in [0, 0.1) is 5.82 Å². The van der Waals surface area contributed by atoms with Crippen LogP contribution < -0.4 is 5.73 Å². The van der Waals surface area contributed by atoms with Gasteiger partial charge in [0.15, 0.2) is 0 Å². The Bertz CT molecular complexity index is 539. The molecule has 0 saturated carbocycles. The predicted molar refractivity (Wildman–Crippen MR) is 69.0 cm³/mol. The van der Waals surface area contributed by atoms with Crippen molar-refractivity contribution < 1.29 is 17.6 Å². The molecule has 2 N–H and O–H groups in total. The van der Waals surface area contributed by atoms with E-state index >= 15 is 0 Å². The first-order chi connectivity index (χ1) is 8.39.